The van der Waals surface area contributed by atoms with Crippen LogP contribution in [0, 0.1) is 11.8 Å². The Morgan fingerprint density at radius 3 is 2.84 bits per heavy atom. The van der Waals surface area contributed by atoms with Crippen LogP contribution in [0.15, 0.2) is 12.2 Å². The number of rotatable bonds is 7. The van der Waals surface area contributed by atoms with Crippen molar-refractivity contribution in [2.75, 3.05) is 7.11 Å². The lowest BCUT2D eigenvalue weighted by atomic mass is 9.89. The molecule has 0 radical (unpaired) electrons. The molecule has 0 spiro atoms. The van der Waals surface area contributed by atoms with Gasteiger partial charge < -0.3 is 9.84 Å². The van der Waals surface area contributed by atoms with Gasteiger partial charge >= 0.3 is 5.97 Å². The van der Waals surface area contributed by atoms with Gasteiger partial charge in [-0.2, -0.15) is 0 Å². The smallest absolute Gasteiger partial charge is 0.305 e. The number of hydrogen-bond acceptors (Lipinski definition) is 5. The number of aliphatic hydroxyl groups excluding tert-OH is 1. The number of aldehydes is 1. The lowest BCUT2D eigenvalue weighted by Gasteiger charge is -2.16. The molecule has 1 saturated carbocycles. The van der Waals surface area contributed by atoms with Crippen molar-refractivity contribution >= 4 is 18.0 Å². The van der Waals surface area contributed by atoms with E-state index < -0.39 is 6.10 Å². The Labute approximate surface area is 112 Å². The van der Waals surface area contributed by atoms with Crippen molar-refractivity contribution in [2.45, 2.75) is 38.2 Å². The number of carbonyl (C=O) groups excluding carboxylic acids is 3. The number of ketones is 1. The number of esters is 1. The summed E-state index contributed by atoms with van der Waals surface area (Å²) in [6, 6.07) is 0. The van der Waals surface area contributed by atoms with Gasteiger partial charge in [0.2, 0.25) is 0 Å². The first-order valence-corrected chi connectivity index (χ1v) is 6.49. The Hall–Kier alpha value is -1.49. The van der Waals surface area contributed by atoms with Crippen LogP contribution >= 0.6 is 0 Å². The van der Waals surface area contributed by atoms with E-state index in [4.69, 9.17) is 0 Å². The summed E-state index contributed by atoms with van der Waals surface area (Å²) in [4.78, 5) is 33.0. The van der Waals surface area contributed by atoms with Gasteiger partial charge in [-0.3, -0.25) is 14.4 Å². The predicted octanol–water partition coefficient (Wildman–Crippen LogP) is 1.04. The molecular formula is C14H20O5. The first-order chi connectivity index (χ1) is 9.10. The van der Waals surface area contributed by atoms with Crippen molar-refractivity contribution < 1.29 is 24.2 Å². The van der Waals surface area contributed by atoms with Crippen LogP contribution in [-0.2, 0) is 19.1 Å². The van der Waals surface area contributed by atoms with Gasteiger partial charge in [-0.1, -0.05) is 12.5 Å². The molecule has 5 heteroatoms. The minimum absolute atomic E-state index is 0.0334. The van der Waals surface area contributed by atoms with E-state index in [2.05, 4.69) is 4.74 Å². The molecule has 3 atom stereocenters. The fraction of sp³-hybridized carbons (Fsp3) is 0.643. The molecule has 1 fully saturated rings. The van der Waals surface area contributed by atoms with Crippen LogP contribution in [-0.4, -0.2) is 36.4 Å². The van der Waals surface area contributed by atoms with Crippen molar-refractivity contribution in [2.24, 2.45) is 11.8 Å². The van der Waals surface area contributed by atoms with Crippen LogP contribution in [0.2, 0.25) is 0 Å². The molecule has 1 aliphatic carbocycles. The van der Waals surface area contributed by atoms with Crippen LogP contribution in [0.3, 0.4) is 0 Å². The number of methoxy groups -OCH3 is 1. The van der Waals surface area contributed by atoms with Gasteiger partial charge in [-0.15, -0.1) is 0 Å². The predicted molar refractivity (Wildman–Crippen MR) is 68.3 cm³/mol. The summed E-state index contributed by atoms with van der Waals surface area (Å²) < 4.78 is 4.54. The fourth-order valence-electron chi connectivity index (χ4n) is 2.50. The van der Waals surface area contributed by atoms with E-state index in [1.54, 1.807) is 6.08 Å². The number of carbonyl (C=O) groups is 3. The second-order valence-corrected chi connectivity index (χ2v) is 4.76. The van der Waals surface area contributed by atoms with Crippen LogP contribution in [0.5, 0.6) is 0 Å². The van der Waals surface area contributed by atoms with Crippen LogP contribution in [0.25, 0.3) is 0 Å². The quantitative estimate of drug-likeness (QED) is 0.323. The molecule has 0 saturated heterocycles. The van der Waals surface area contributed by atoms with Crippen molar-refractivity contribution in [1.82, 2.24) is 0 Å². The van der Waals surface area contributed by atoms with E-state index in [1.807, 2.05) is 0 Å². The van der Waals surface area contributed by atoms with Crippen LogP contribution < -0.4 is 0 Å². The fourth-order valence-corrected chi connectivity index (χ4v) is 2.50. The van der Waals surface area contributed by atoms with Gasteiger partial charge in [0, 0.05) is 24.7 Å². The molecule has 1 N–H and O–H groups in total. The molecule has 5 nitrogen and oxygen atoms in total. The summed E-state index contributed by atoms with van der Waals surface area (Å²) in [7, 11) is 1.35. The highest BCUT2D eigenvalue weighted by molar-refractivity contribution is 5.84. The van der Waals surface area contributed by atoms with Crippen molar-refractivity contribution in [3.05, 3.63) is 12.2 Å². The minimum Gasteiger partial charge on any atom is -0.469 e. The van der Waals surface area contributed by atoms with Crippen LogP contribution in [0.4, 0.5) is 0 Å². The minimum atomic E-state index is -0.700. The summed E-state index contributed by atoms with van der Waals surface area (Å²) >= 11 is 0. The molecule has 0 aromatic carbocycles. The zero-order valence-corrected chi connectivity index (χ0v) is 11.1. The molecule has 0 aromatic heterocycles. The third kappa shape index (κ3) is 4.59. The van der Waals surface area contributed by atoms with E-state index in [0.717, 1.165) is 6.42 Å². The third-order valence-electron chi connectivity index (χ3n) is 3.52. The lowest BCUT2D eigenvalue weighted by molar-refractivity contribution is -0.140. The second-order valence-electron chi connectivity index (χ2n) is 4.76. The zero-order chi connectivity index (χ0) is 14.3. The molecule has 1 rings (SSSR count). The normalized spacial score (nSPS) is 26.8. The maximum absolute atomic E-state index is 11.8. The van der Waals surface area contributed by atoms with E-state index >= 15 is 0 Å². The zero-order valence-electron chi connectivity index (χ0n) is 11.1. The van der Waals surface area contributed by atoms with E-state index in [9.17, 15) is 19.5 Å². The maximum atomic E-state index is 11.8. The summed E-state index contributed by atoms with van der Waals surface area (Å²) in [6.07, 6.45) is 5.38. The van der Waals surface area contributed by atoms with Gasteiger partial charge in [0.05, 0.1) is 13.2 Å². The van der Waals surface area contributed by atoms with Gasteiger partial charge in [-0.25, -0.2) is 0 Å². The van der Waals surface area contributed by atoms with E-state index in [-0.39, 0.29) is 30.0 Å². The monoisotopic (exact) mass is 268 g/mol. The maximum Gasteiger partial charge on any atom is 0.305 e. The van der Waals surface area contributed by atoms with Gasteiger partial charge in [-0.05, 0) is 18.9 Å². The molecule has 1 aliphatic rings. The molecule has 0 aliphatic heterocycles. The molecule has 0 heterocycles. The molecule has 106 valence electrons. The highest BCUT2D eigenvalue weighted by Gasteiger charge is 2.39. The molecular weight excluding hydrogens is 248 g/mol. The van der Waals surface area contributed by atoms with Crippen molar-refractivity contribution in [1.29, 1.82) is 0 Å². The lowest BCUT2D eigenvalue weighted by Crippen LogP contribution is -2.18. The molecule has 0 bridgehead atoms. The first-order valence-electron chi connectivity index (χ1n) is 6.49. The van der Waals surface area contributed by atoms with Crippen LogP contribution in [0.1, 0.15) is 32.1 Å². The molecule has 0 amide bonds. The number of aliphatic hydroxyl groups is 1. The Balaban J connectivity index is 2.44. The molecule has 19 heavy (non-hydrogen) atoms. The van der Waals surface area contributed by atoms with E-state index in [0.29, 0.717) is 25.5 Å². The Bertz CT molecular complexity index is 361. The SMILES string of the molecule is COC(=O)CCCCC1C(=O)CC(O)C1/C=C/C=O. The Morgan fingerprint density at radius 1 is 1.47 bits per heavy atom. The topological polar surface area (TPSA) is 80.7 Å². The van der Waals surface area contributed by atoms with Gasteiger partial charge in [0.15, 0.2) is 0 Å². The largest absolute Gasteiger partial charge is 0.469 e. The average molecular weight is 268 g/mol. The van der Waals surface area contributed by atoms with Gasteiger partial charge in [0.25, 0.3) is 0 Å². The average Bonchev–Trinajstić information content (AvgIpc) is 2.66. The first kappa shape index (κ1) is 15.6. The molecule has 3 unspecified atom stereocenters. The van der Waals surface area contributed by atoms with E-state index in [1.165, 1.54) is 13.2 Å². The van der Waals surface area contributed by atoms with Gasteiger partial charge in [0.1, 0.15) is 12.1 Å². The number of ether oxygens (including phenoxy) is 1. The Morgan fingerprint density at radius 2 is 2.21 bits per heavy atom. The van der Waals surface area contributed by atoms with Crippen molar-refractivity contribution in [3.8, 4) is 0 Å². The number of unbranched alkanes of at least 4 members (excludes halogenated alkanes) is 1. The third-order valence-corrected chi connectivity index (χ3v) is 3.52. The highest BCUT2D eigenvalue weighted by atomic mass is 16.5. The molecule has 0 aromatic rings. The standard InChI is InChI=1S/C14H20O5/c1-19-14(18)7-3-2-5-10-11(6-4-8-15)13(17)9-12(10)16/h4,6,8,10-11,13,17H,2-3,5,7,9H2,1H3/b6-4+. The summed E-state index contributed by atoms with van der Waals surface area (Å²) in [5.74, 6) is -0.749. The second kappa shape index (κ2) is 7.84. The van der Waals surface area contributed by atoms with Crippen molar-refractivity contribution in [3.63, 3.8) is 0 Å². The number of hydrogen-bond donors (Lipinski definition) is 1. The number of Topliss-reactive ketones (excluding diaryl/α,β-unsaturated/α-hetero) is 1. The summed E-state index contributed by atoms with van der Waals surface area (Å²) in [5, 5.41) is 9.78. The summed E-state index contributed by atoms with van der Waals surface area (Å²) in [6.45, 7) is 0. The number of allylic oxidation sites excluding steroid dienone is 1. The summed E-state index contributed by atoms with van der Waals surface area (Å²) in [5.41, 5.74) is 0. The highest BCUT2D eigenvalue weighted by Crippen LogP contribution is 2.34. The Kier molecular flexibility index (Phi) is 6.42.